The van der Waals surface area contributed by atoms with Gasteiger partial charge in [0, 0.05) is 18.0 Å². The van der Waals surface area contributed by atoms with Crippen molar-refractivity contribution in [2.75, 3.05) is 6.54 Å². The average Bonchev–Trinajstić information content (AvgIpc) is 3.45. The Morgan fingerprint density at radius 2 is 1.87 bits per heavy atom. The second-order valence-electron chi connectivity index (χ2n) is 7.44. The molecule has 2 aromatic carbocycles. The highest BCUT2D eigenvalue weighted by Gasteiger charge is 2.17. The molecule has 31 heavy (non-hydrogen) atoms. The lowest BCUT2D eigenvalue weighted by molar-refractivity contribution is 0.232. The van der Waals surface area contributed by atoms with Gasteiger partial charge in [-0.15, -0.1) is 10.2 Å². The van der Waals surface area contributed by atoms with E-state index >= 15 is 0 Å². The Labute approximate surface area is 177 Å². The average molecular weight is 415 g/mol. The standard InChI is InChI=1S/C24H21N3O4/c1-2-11-27(15-21-25-26-24(31-21)20-8-5-12-29-20)14-17-13-22(28)30-19-10-9-16-6-3-4-7-18(16)23(17)19/h3-10,12-13H,2,11,14-15H2,1H3. The van der Waals surface area contributed by atoms with Crippen LogP contribution in [0, 0.1) is 0 Å². The van der Waals surface area contributed by atoms with Crippen molar-refractivity contribution in [3.63, 3.8) is 0 Å². The molecule has 0 aliphatic carbocycles. The number of nitrogens with zero attached hydrogens (tertiary/aromatic N) is 3. The molecular weight excluding hydrogens is 394 g/mol. The van der Waals surface area contributed by atoms with E-state index < -0.39 is 0 Å². The summed E-state index contributed by atoms with van der Waals surface area (Å²) >= 11 is 0. The lowest BCUT2D eigenvalue weighted by Gasteiger charge is -2.21. The molecule has 0 N–H and O–H groups in total. The topological polar surface area (TPSA) is 85.5 Å². The SMILES string of the molecule is CCCN(Cc1nnc(-c2ccco2)o1)Cc1cc(=O)oc2ccc3ccccc3c12. The van der Waals surface area contributed by atoms with Crippen molar-refractivity contribution in [3.8, 4) is 11.7 Å². The molecule has 0 saturated carbocycles. The first-order chi connectivity index (χ1) is 15.2. The van der Waals surface area contributed by atoms with Crippen LogP contribution in [0.1, 0.15) is 24.8 Å². The van der Waals surface area contributed by atoms with Crippen molar-refractivity contribution in [2.24, 2.45) is 0 Å². The van der Waals surface area contributed by atoms with Crippen LogP contribution in [0.4, 0.5) is 0 Å². The summed E-state index contributed by atoms with van der Waals surface area (Å²) in [4.78, 5) is 14.4. The molecule has 5 rings (SSSR count). The molecule has 0 spiro atoms. The van der Waals surface area contributed by atoms with Gasteiger partial charge in [-0.1, -0.05) is 37.3 Å². The number of benzene rings is 2. The van der Waals surface area contributed by atoms with Crippen molar-refractivity contribution in [3.05, 3.63) is 82.7 Å². The normalized spacial score (nSPS) is 11.7. The maximum absolute atomic E-state index is 12.2. The van der Waals surface area contributed by atoms with E-state index in [-0.39, 0.29) is 5.63 Å². The Hall–Kier alpha value is -3.71. The molecule has 0 unspecified atom stereocenters. The summed E-state index contributed by atoms with van der Waals surface area (Å²) < 4.78 is 16.6. The summed E-state index contributed by atoms with van der Waals surface area (Å²) in [6.45, 7) is 3.95. The van der Waals surface area contributed by atoms with E-state index in [9.17, 15) is 4.79 Å². The zero-order chi connectivity index (χ0) is 21.2. The minimum absolute atomic E-state index is 0.355. The number of aromatic nitrogens is 2. The van der Waals surface area contributed by atoms with Gasteiger partial charge in [0.1, 0.15) is 5.58 Å². The number of fused-ring (bicyclic) bond motifs is 3. The van der Waals surface area contributed by atoms with Crippen molar-refractivity contribution in [2.45, 2.75) is 26.4 Å². The molecule has 7 nitrogen and oxygen atoms in total. The van der Waals surface area contributed by atoms with Crippen LogP contribution in [-0.2, 0) is 13.1 Å². The minimum Gasteiger partial charge on any atom is -0.459 e. The Morgan fingerprint density at radius 1 is 0.968 bits per heavy atom. The Bertz CT molecular complexity index is 1390. The predicted molar refractivity (Wildman–Crippen MR) is 116 cm³/mol. The zero-order valence-corrected chi connectivity index (χ0v) is 17.1. The maximum atomic E-state index is 12.2. The predicted octanol–water partition coefficient (Wildman–Crippen LogP) is 5.00. The van der Waals surface area contributed by atoms with Crippen LogP contribution >= 0.6 is 0 Å². The summed E-state index contributed by atoms with van der Waals surface area (Å²) in [5, 5.41) is 11.4. The number of hydrogen-bond acceptors (Lipinski definition) is 7. The van der Waals surface area contributed by atoms with Gasteiger partial charge in [0.05, 0.1) is 12.8 Å². The highest BCUT2D eigenvalue weighted by atomic mass is 16.4. The van der Waals surface area contributed by atoms with Crippen LogP contribution in [-0.4, -0.2) is 21.6 Å². The maximum Gasteiger partial charge on any atom is 0.336 e. The molecule has 7 heteroatoms. The van der Waals surface area contributed by atoms with Gasteiger partial charge in [0.15, 0.2) is 5.76 Å². The summed E-state index contributed by atoms with van der Waals surface area (Å²) in [7, 11) is 0. The second-order valence-corrected chi connectivity index (χ2v) is 7.44. The van der Waals surface area contributed by atoms with Crippen molar-refractivity contribution in [1.29, 1.82) is 0 Å². The van der Waals surface area contributed by atoms with E-state index in [0.29, 0.717) is 36.2 Å². The molecule has 0 aliphatic heterocycles. The molecule has 0 fully saturated rings. The molecule has 0 saturated heterocycles. The van der Waals surface area contributed by atoms with Gasteiger partial charge >= 0.3 is 5.63 Å². The molecule has 3 aromatic heterocycles. The first-order valence-corrected chi connectivity index (χ1v) is 10.2. The van der Waals surface area contributed by atoms with Gasteiger partial charge in [-0.05, 0) is 47.5 Å². The van der Waals surface area contributed by atoms with Gasteiger partial charge in [-0.3, -0.25) is 4.90 Å². The quantitative estimate of drug-likeness (QED) is 0.273. The first kappa shape index (κ1) is 19.3. The molecule has 0 radical (unpaired) electrons. The summed E-state index contributed by atoms with van der Waals surface area (Å²) in [5.74, 6) is 1.39. The van der Waals surface area contributed by atoms with E-state index in [0.717, 1.165) is 34.7 Å². The number of furan rings is 1. The van der Waals surface area contributed by atoms with E-state index in [2.05, 4.69) is 34.2 Å². The fourth-order valence-electron chi connectivity index (χ4n) is 3.92. The highest BCUT2D eigenvalue weighted by Crippen LogP contribution is 2.28. The van der Waals surface area contributed by atoms with Gasteiger partial charge in [-0.2, -0.15) is 0 Å². The molecule has 0 amide bonds. The van der Waals surface area contributed by atoms with Crippen molar-refractivity contribution in [1.82, 2.24) is 15.1 Å². The summed E-state index contributed by atoms with van der Waals surface area (Å²) in [6, 6.07) is 17.1. The lowest BCUT2D eigenvalue weighted by Crippen LogP contribution is -2.24. The van der Waals surface area contributed by atoms with Crippen LogP contribution in [0.5, 0.6) is 0 Å². The third-order valence-electron chi connectivity index (χ3n) is 5.21. The Balaban J connectivity index is 1.50. The number of rotatable bonds is 7. The van der Waals surface area contributed by atoms with Crippen LogP contribution in [0.3, 0.4) is 0 Å². The number of hydrogen-bond donors (Lipinski definition) is 0. The smallest absolute Gasteiger partial charge is 0.336 e. The third-order valence-corrected chi connectivity index (χ3v) is 5.21. The summed E-state index contributed by atoms with van der Waals surface area (Å²) in [6.07, 6.45) is 2.51. The molecule has 0 aliphatic rings. The first-order valence-electron chi connectivity index (χ1n) is 10.2. The fraction of sp³-hybridized carbons (Fsp3) is 0.208. The monoisotopic (exact) mass is 415 g/mol. The van der Waals surface area contributed by atoms with Gasteiger partial charge in [0.25, 0.3) is 5.89 Å². The van der Waals surface area contributed by atoms with Gasteiger partial charge in [0.2, 0.25) is 5.89 Å². The van der Waals surface area contributed by atoms with Crippen LogP contribution < -0.4 is 5.63 Å². The molecular formula is C24H21N3O4. The highest BCUT2D eigenvalue weighted by molar-refractivity contribution is 6.07. The Kier molecular flexibility index (Phi) is 5.09. The molecule has 3 heterocycles. The van der Waals surface area contributed by atoms with Crippen LogP contribution in [0.2, 0.25) is 0 Å². The van der Waals surface area contributed by atoms with Crippen LogP contribution in [0.15, 0.2) is 78.9 Å². The third kappa shape index (κ3) is 3.87. The minimum atomic E-state index is -0.355. The molecule has 156 valence electrons. The summed E-state index contributed by atoms with van der Waals surface area (Å²) in [5.41, 5.74) is 1.16. The fourth-order valence-corrected chi connectivity index (χ4v) is 3.92. The van der Waals surface area contributed by atoms with Gasteiger partial charge < -0.3 is 13.3 Å². The zero-order valence-electron chi connectivity index (χ0n) is 17.1. The van der Waals surface area contributed by atoms with E-state index in [1.165, 1.54) is 0 Å². The lowest BCUT2D eigenvalue weighted by atomic mass is 10.0. The van der Waals surface area contributed by atoms with Crippen molar-refractivity contribution < 1.29 is 13.3 Å². The molecule has 5 aromatic rings. The van der Waals surface area contributed by atoms with E-state index in [1.54, 1.807) is 24.5 Å². The van der Waals surface area contributed by atoms with E-state index in [1.807, 2.05) is 24.3 Å². The van der Waals surface area contributed by atoms with Crippen molar-refractivity contribution >= 4 is 21.7 Å². The second kappa shape index (κ2) is 8.20. The molecule has 0 atom stereocenters. The molecule has 0 bridgehead atoms. The van der Waals surface area contributed by atoms with Crippen LogP contribution in [0.25, 0.3) is 33.4 Å². The van der Waals surface area contributed by atoms with E-state index in [4.69, 9.17) is 13.3 Å². The Morgan fingerprint density at radius 3 is 2.71 bits per heavy atom. The largest absolute Gasteiger partial charge is 0.459 e. The van der Waals surface area contributed by atoms with Gasteiger partial charge in [-0.25, -0.2) is 4.79 Å².